The fourth-order valence-electron chi connectivity index (χ4n) is 2.11. The Morgan fingerprint density at radius 2 is 1.87 bits per heavy atom. The number of aliphatic hydroxyl groups is 1. The van der Waals surface area contributed by atoms with E-state index in [-0.39, 0.29) is 11.8 Å². The molecule has 0 aliphatic rings. The molecule has 1 aromatic carbocycles. The third-order valence-electron chi connectivity index (χ3n) is 3.67. The molecular formula is C18H26O5. The Labute approximate surface area is 137 Å². The van der Waals surface area contributed by atoms with Crippen LogP contribution in [-0.2, 0) is 20.9 Å². The van der Waals surface area contributed by atoms with Gasteiger partial charge in [-0.15, -0.1) is 0 Å². The fourth-order valence-corrected chi connectivity index (χ4v) is 2.11. The van der Waals surface area contributed by atoms with Crippen molar-refractivity contribution >= 4 is 5.97 Å². The molecule has 3 atom stereocenters. The summed E-state index contributed by atoms with van der Waals surface area (Å²) in [5.41, 5.74) is 1.05. The lowest BCUT2D eigenvalue weighted by molar-refractivity contribution is -0.134. The number of aliphatic hydroxyl groups excluding tert-OH is 1. The van der Waals surface area contributed by atoms with Crippen LogP contribution in [0.3, 0.4) is 0 Å². The summed E-state index contributed by atoms with van der Waals surface area (Å²) in [6.07, 6.45) is 2.39. The van der Waals surface area contributed by atoms with Crippen molar-refractivity contribution in [3.8, 4) is 5.75 Å². The van der Waals surface area contributed by atoms with E-state index in [1.165, 1.54) is 13.2 Å². The van der Waals surface area contributed by atoms with Crippen LogP contribution in [0.2, 0.25) is 0 Å². The van der Waals surface area contributed by atoms with Gasteiger partial charge in [0.1, 0.15) is 5.75 Å². The molecule has 1 rings (SSSR count). The molecule has 0 fully saturated rings. The Morgan fingerprint density at radius 1 is 1.22 bits per heavy atom. The largest absolute Gasteiger partial charge is 0.497 e. The van der Waals surface area contributed by atoms with Gasteiger partial charge in [0.25, 0.3) is 0 Å². The second-order valence-corrected chi connectivity index (χ2v) is 5.57. The Hall–Kier alpha value is -1.85. The van der Waals surface area contributed by atoms with Crippen LogP contribution in [0.1, 0.15) is 19.4 Å². The first-order valence-electron chi connectivity index (χ1n) is 7.62. The third kappa shape index (κ3) is 6.84. The molecule has 0 aromatic heterocycles. The van der Waals surface area contributed by atoms with Crippen LogP contribution in [0.25, 0.3) is 0 Å². The molecule has 23 heavy (non-hydrogen) atoms. The maximum absolute atomic E-state index is 11.1. The van der Waals surface area contributed by atoms with Gasteiger partial charge < -0.3 is 19.3 Å². The first kappa shape index (κ1) is 19.2. The lowest BCUT2D eigenvalue weighted by Crippen LogP contribution is -2.28. The number of carbonyl (C=O) groups excluding carboxylic acids is 1. The molecule has 5 heteroatoms. The number of hydrogen-bond acceptors (Lipinski definition) is 5. The minimum absolute atomic E-state index is 0.0504. The third-order valence-corrected chi connectivity index (χ3v) is 3.67. The van der Waals surface area contributed by atoms with Crippen molar-refractivity contribution in [3.63, 3.8) is 0 Å². The first-order chi connectivity index (χ1) is 11.0. The highest BCUT2D eigenvalue weighted by Gasteiger charge is 2.19. The number of rotatable bonds is 9. The molecule has 0 spiro atoms. The Kier molecular flexibility index (Phi) is 8.37. The minimum atomic E-state index is -0.591. The molecule has 0 heterocycles. The molecule has 0 bridgehead atoms. The molecule has 0 radical (unpaired) electrons. The van der Waals surface area contributed by atoms with E-state index in [0.29, 0.717) is 13.2 Å². The number of carbonyl (C=O) groups is 1. The van der Waals surface area contributed by atoms with Crippen molar-refractivity contribution in [2.24, 2.45) is 11.8 Å². The molecule has 1 aromatic rings. The van der Waals surface area contributed by atoms with Gasteiger partial charge in [-0.2, -0.15) is 0 Å². The molecular weight excluding hydrogens is 296 g/mol. The zero-order chi connectivity index (χ0) is 17.2. The lowest BCUT2D eigenvalue weighted by atomic mass is 9.93. The monoisotopic (exact) mass is 322 g/mol. The van der Waals surface area contributed by atoms with Gasteiger partial charge in [-0.1, -0.05) is 32.1 Å². The summed E-state index contributed by atoms with van der Waals surface area (Å²) >= 11 is 0. The van der Waals surface area contributed by atoms with E-state index >= 15 is 0 Å². The summed E-state index contributed by atoms with van der Waals surface area (Å²) in [6, 6.07) is 7.66. The summed E-state index contributed by atoms with van der Waals surface area (Å²) < 4.78 is 15.3. The maximum atomic E-state index is 11.1. The summed E-state index contributed by atoms with van der Waals surface area (Å²) in [4.78, 5) is 11.1. The summed E-state index contributed by atoms with van der Waals surface area (Å²) in [6.45, 7) is 4.68. The molecule has 1 N–H and O–H groups in total. The Balaban J connectivity index is 2.38. The van der Waals surface area contributed by atoms with Crippen molar-refractivity contribution in [1.82, 2.24) is 0 Å². The van der Waals surface area contributed by atoms with Crippen molar-refractivity contribution in [2.45, 2.75) is 26.6 Å². The fraction of sp³-hybridized carbons (Fsp3) is 0.500. The number of ether oxygens (including phenoxy) is 3. The quantitative estimate of drug-likeness (QED) is 0.559. The van der Waals surface area contributed by atoms with Gasteiger partial charge in [0.15, 0.2) is 0 Å². The maximum Gasteiger partial charge on any atom is 0.330 e. The van der Waals surface area contributed by atoms with Crippen LogP contribution >= 0.6 is 0 Å². The van der Waals surface area contributed by atoms with Crippen LogP contribution in [0.15, 0.2) is 36.4 Å². The van der Waals surface area contributed by atoms with Crippen molar-refractivity contribution in [1.29, 1.82) is 0 Å². The zero-order valence-corrected chi connectivity index (χ0v) is 14.2. The smallest absolute Gasteiger partial charge is 0.330 e. The molecule has 0 saturated heterocycles. The van der Waals surface area contributed by atoms with Crippen molar-refractivity contribution < 1.29 is 24.1 Å². The van der Waals surface area contributed by atoms with Crippen LogP contribution in [0.4, 0.5) is 0 Å². The van der Waals surface area contributed by atoms with Gasteiger partial charge in [0.2, 0.25) is 0 Å². The van der Waals surface area contributed by atoms with E-state index in [1.807, 2.05) is 38.1 Å². The summed E-state index contributed by atoms with van der Waals surface area (Å²) in [5.74, 6) is 0.176. The number of benzene rings is 1. The Morgan fingerprint density at radius 3 is 2.43 bits per heavy atom. The van der Waals surface area contributed by atoms with E-state index in [9.17, 15) is 9.90 Å². The second-order valence-electron chi connectivity index (χ2n) is 5.57. The molecule has 128 valence electrons. The van der Waals surface area contributed by atoms with E-state index in [4.69, 9.17) is 9.47 Å². The number of hydrogen-bond donors (Lipinski definition) is 1. The van der Waals surface area contributed by atoms with Crippen LogP contribution in [0, 0.1) is 11.8 Å². The molecule has 0 aliphatic heterocycles. The first-order valence-corrected chi connectivity index (χ1v) is 7.62. The average Bonchev–Trinajstić information content (AvgIpc) is 2.58. The normalized spacial score (nSPS) is 15.2. The van der Waals surface area contributed by atoms with Gasteiger partial charge in [-0.25, -0.2) is 4.79 Å². The van der Waals surface area contributed by atoms with E-state index < -0.39 is 12.1 Å². The zero-order valence-electron chi connectivity index (χ0n) is 14.2. The van der Waals surface area contributed by atoms with Gasteiger partial charge in [0, 0.05) is 17.9 Å². The average molecular weight is 322 g/mol. The molecule has 5 nitrogen and oxygen atoms in total. The topological polar surface area (TPSA) is 65.0 Å². The Bertz CT molecular complexity index is 495. The highest BCUT2D eigenvalue weighted by Crippen LogP contribution is 2.16. The SMILES string of the molecule is COC(=O)/C=C/[C@@H](C)[C@H](O)[C@H](C)COCc1ccc(OC)cc1. The summed E-state index contributed by atoms with van der Waals surface area (Å²) in [7, 11) is 2.95. The van der Waals surface area contributed by atoms with Crippen LogP contribution in [-0.4, -0.2) is 38.0 Å². The van der Waals surface area contributed by atoms with E-state index in [0.717, 1.165) is 11.3 Å². The summed E-state index contributed by atoms with van der Waals surface area (Å²) in [5, 5.41) is 10.2. The van der Waals surface area contributed by atoms with Gasteiger partial charge in [-0.3, -0.25) is 0 Å². The van der Waals surface area contributed by atoms with Crippen molar-refractivity contribution in [2.75, 3.05) is 20.8 Å². The lowest BCUT2D eigenvalue weighted by Gasteiger charge is -2.22. The van der Waals surface area contributed by atoms with Crippen LogP contribution < -0.4 is 4.74 Å². The second kappa shape index (κ2) is 10.0. The van der Waals surface area contributed by atoms with Gasteiger partial charge in [-0.05, 0) is 17.7 Å². The predicted octanol–water partition coefficient (Wildman–Crippen LogP) is 2.57. The molecule has 0 amide bonds. The number of esters is 1. The molecule has 0 saturated carbocycles. The predicted molar refractivity (Wildman–Crippen MR) is 88.1 cm³/mol. The highest BCUT2D eigenvalue weighted by atomic mass is 16.5. The number of methoxy groups -OCH3 is 2. The molecule has 0 unspecified atom stereocenters. The van der Waals surface area contributed by atoms with Crippen LogP contribution in [0.5, 0.6) is 5.75 Å². The minimum Gasteiger partial charge on any atom is -0.497 e. The van der Waals surface area contributed by atoms with Crippen molar-refractivity contribution in [3.05, 3.63) is 42.0 Å². The highest BCUT2D eigenvalue weighted by molar-refractivity contribution is 5.81. The van der Waals surface area contributed by atoms with E-state index in [1.54, 1.807) is 13.2 Å². The van der Waals surface area contributed by atoms with Gasteiger partial charge >= 0.3 is 5.97 Å². The standard InChI is InChI=1S/C18H26O5/c1-13(5-10-17(19)22-4)18(20)14(2)11-23-12-15-6-8-16(21-3)9-7-15/h5-10,13-14,18,20H,11-12H2,1-4H3/b10-5+/t13-,14-,18+/m1/s1. The molecule has 0 aliphatic carbocycles. The van der Waals surface area contributed by atoms with Gasteiger partial charge in [0.05, 0.1) is 33.5 Å². The van der Waals surface area contributed by atoms with E-state index in [2.05, 4.69) is 4.74 Å².